The third kappa shape index (κ3) is 2.91. The summed E-state index contributed by atoms with van der Waals surface area (Å²) in [7, 11) is 0. The molecule has 2 rings (SSSR count). The molecule has 0 spiro atoms. The van der Waals surface area contributed by atoms with Crippen molar-refractivity contribution in [3.8, 4) is 0 Å². The van der Waals surface area contributed by atoms with E-state index in [1.807, 2.05) is 31.2 Å². The summed E-state index contributed by atoms with van der Waals surface area (Å²) in [6.45, 7) is 2.36. The van der Waals surface area contributed by atoms with Crippen LogP contribution < -0.4 is 11.1 Å². The van der Waals surface area contributed by atoms with E-state index in [-0.39, 0.29) is 17.2 Å². The van der Waals surface area contributed by atoms with Crippen molar-refractivity contribution in [2.24, 2.45) is 0 Å². The number of benzene rings is 2. The largest absolute Gasteiger partial charge is 0.396 e. The van der Waals surface area contributed by atoms with E-state index in [9.17, 15) is 9.18 Å². The Morgan fingerprint density at radius 2 is 1.95 bits per heavy atom. The van der Waals surface area contributed by atoms with Crippen molar-refractivity contribution in [1.29, 1.82) is 0 Å². The molecule has 1 amide bonds. The highest BCUT2D eigenvalue weighted by molar-refractivity contribution is 5.99. The number of halogens is 1. The number of nitrogen functional groups attached to an aromatic ring is 1. The zero-order chi connectivity index (χ0) is 13.8. The minimum atomic E-state index is -0.580. The van der Waals surface area contributed by atoms with Crippen LogP contribution in [-0.2, 0) is 6.54 Å². The summed E-state index contributed by atoms with van der Waals surface area (Å²) in [5.41, 5.74) is 7.70. The third-order valence-electron chi connectivity index (χ3n) is 3.00. The van der Waals surface area contributed by atoms with Gasteiger partial charge < -0.3 is 11.1 Å². The van der Waals surface area contributed by atoms with Gasteiger partial charge in [0.15, 0.2) is 0 Å². The number of hydrogen-bond donors (Lipinski definition) is 2. The van der Waals surface area contributed by atoms with Crippen molar-refractivity contribution in [3.05, 3.63) is 65.0 Å². The van der Waals surface area contributed by atoms with Gasteiger partial charge in [0, 0.05) is 6.54 Å². The average molecular weight is 258 g/mol. The second-order valence-corrected chi connectivity index (χ2v) is 4.31. The molecule has 0 aliphatic carbocycles. The Morgan fingerprint density at radius 3 is 2.68 bits per heavy atom. The van der Waals surface area contributed by atoms with Crippen molar-refractivity contribution in [3.63, 3.8) is 0 Å². The van der Waals surface area contributed by atoms with Crippen LogP contribution in [-0.4, -0.2) is 5.91 Å². The predicted octanol–water partition coefficient (Wildman–Crippen LogP) is 2.65. The van der Waals surface area contributed by atoms with E-state index in [1.165, 1.54) is 18.2 Å². The molecule has 0 fully saturated rings. The Hall–Kier alpha value is -2.36. The monoisotopic (exact) mass is 258 g/mol. The molecule has 3 N–H and O–H groups in total. The number of rotatable bonds is 3. The number of nitrogens with one attached hydrogen (secondary N) is 1. The Balaban J connectivity index is 2.10. The van der Waals surface area contributed by atoms with Crippen molar-refractivity contribution in [2.75, 3.05) is 5.73 Å². The lowest BCUT2D eigenvalue weighted by Crippen LogP contribution is -2.24. The minimum absolute atomic E-state index is 0.121. The first-order valence-corrected chi connectivity index (χ1v) is 5.96. The van der Waals surface area contributed by atoms with Crippen molar-refractivity contribution in [1.82, 2.24) is 5.32 Å². The maximum absolute atomic E-state index is 13.3. The van der Waals surface area contributed by atoms with Gasteiger partial charge in [0.2, 0.25) is 0 Å². The maximum Gasteiger partial charge on any atom is 0.253 e. The fraction of sp³-hybridized carbons (Fsp3) is 0.133. The first-order chi connectivity index (χ1) is 9.09. The zero-order valence-electron chi connectivity index (χ0n) is 10.6. The normalized spacial score (nSPS) is 10.2. The summed E-state index contributed by atoms with van der Waals surface area (Å²) in [6.07, 6.45) is 0. The van der Waals surface area contributed by atoms with Gasteiger partial charge in [-0.15, -0.1) is 0 Å². The highest BCUT2D eigenvalue weighted by Crippen LogP contribution is 2.16. The molecule has 0 heterocycles. The number of hydrogen-bond acceptors (Lipinski definition) is 2. The molecular weight excluding hydrogens is 243 g/mol. The molecule has 0 aromatic heterocycles. The number of nitrogens with two attached hydrogens (primary N) is 1. The van der Waals surface area contributed by atoms with E-state index in [2.05, 4.69) is 5.32 Å². The quantitative estimate of drug-likeness (QED) is 0.831. The highest BCUT2D eigenvalue weighted by atomic mass is 19.1. The van der Waals surface area contributed by atoms with Crippen LogP contribution in [0.2, 0.25) is 0 Å². The van der Waals surface area contributed by atoms with E-state index in [1.54, 1.807) is 0 Å². The highest BCUT2D eigenvalue weighted by Gasteiger charge is 2.12. The van der Waals surface area contributed by atoms with Crippen LogP contribution in [0.25, 0.3) is 0 Å². The number of carbonyl (C=O) groups is 1. The molecule has 0 saturated carbocycles. The molecule has 0 aliphatic rings. The molecule has 4 heteroatoms. The van der Waals surface area contributed by atoms with Crippen LogP contribution >= 0.6 is 0 Å². The van der Waals surface area contributed by atoms with Gasteiger partial charge in [0.1, 0.15) is 5.82 Å². The van der Waals surface area contributed by atoms with Crippen LogP contribution in [0.4, 0.5) is 10.1 Å². The van der Waals surface area contributed by atoms with Gasteiger partial charge in [-0.05, 0) is 30.2 Å². The molecular formula is C15H15FN2O. The molecule has 0 aliphatic heterocycles. The Bertz CT molecular complexity index is 611. The van der Waals surface area contributed by atoms with E-state index < -0.39 is 5.82 Å². The maximum atomic E-state index is 13.3. The van der Waals surface area contributed by atoms with Crippen LogP contribution in [0.5, 0.6) is 0 Å². The summed E-state index contributed by atoms with van der Waals surface area (Å²) in [5.74, 6) is -0.955. The third-order valence-corrected chi connectivity index (χ3v) is 3.00. The van der Waals surface area contributed by atoms with Crippen LogP contribution in [0.1, 0.15) is 21.5 Å². The molecule has 98 valence electrons. The molecule has 0 radical (unpaired) electrons. The number of anilines is 1. The first kappa shape index (κ1) is 13.1. The van der Waals surface area contributed by atoms with Gasteiger partial charge in [-0.1, -0.05) is 30.3 Å². The van der Waals surface area contributed by atoms with E-state index in [0.717, 1.165) is 11.1 Å². The molecule has 0 saturated heterocycles. The summed E-state index contributed by atoms with van der Waals surface area (Å²) in [4.78, 5) is 11.9. The summed E-state index contributed by atoms with van der Waals surface area (Å²) in [6, 6.07) is 12.0. The topological polar surface area (TPSA) is 55.1 Å². The Morgan fingerprint density at radius 1 is 1.21 bits per heavy atom. The van der Waals surface area contributed by atoms with Crippen LogP contribution in [0.3, 0.4) is 0 Å². The number of para-hydroxylation sites is 1. The van der Waals surface area contributed by atoms with Gasteiger partial charge in [-0.2, -0.15) is 0 Å². The smallest absolute Gasteiger partial charge is 0.253 e. The number of amides is 1. The molecule has 2 aromatic carbocycles. The van der Waals surface area contributed by atoms with Crippen molar-refractivity contribution >= 4 is 11.6 Å². The second kappa shape index (κ2) is 5.52. The van der Waals surface area contributed by atoms with Gasteiger partial charge >= 0.3 is 0 Å². The standard InChI is InChI=1S/C15H15FN2O/c1-10-5-2-3-6-11(10)9-18-15(19)12-7-4-8-13(16)14(12)17/h2-8H,9,17H2,1H3,(H,18,19). The fourth-order valence-corrected chi connectivity index (χ4v) is 1.81. The predicted molar refractivity (Wildman–Crippen MR) is 73.2 cm³/mol. The SMILES string of the molecule is Cc1ccccc1CNC(=O)c1cccc(F)c1N. The lowest BCUT2D eigenvalue weighted by atomic mass is 10.1. The Kier molecular flexibility index (Phi) is 3.80. The molecule has 0 bridgehead atoms. The first-order valence-electron chi connectivity index (χ1n) is 5.96. The zero-order valence-corrected chi connectivity index (χ0v) is 10.6. The van der Waals surface area contributed by atoms with Gasteiger partial charge in [0.25, 0.3) is 5.91 Å². The Labute approximate surface area is 111 Å². The minimum Gasteiger partial charge on any atom is -0.396 e. The van der Waals surface area contributed by atoms with E-state index >= 15 is 0 Å². The van der Waals surface area contributed by atoms with Gasteiger partial charge in [0.05, 0.1) is 11.3 Å². The molecule has 0 atom stereocenters. The van der Waals surface area contributed by atoms with Crippen LogP contribution in [0.15, 0.2) is 42.5 Å². The summed E-state index contributed by atoms with van der Waals surface area (Å²) < 4.78 is 13.3. The van der Waals surface area contributed by atoms with Gasteiger partial charge in [-0.3, -0.25) is 4.79 Å². The van der Waals surface area contributed by atoms with E-state index in [4.69, 9.17) is 5.73 Å². The molecule has 3 nitrogen and oxygen atoms in total. The molecule has 2 aromatic rings. The molecule has 19 heavy (non-hydrogen) atoms. The van der Waals surface area contributed by atoms with Crippen molar-refractivity contribution in [2.45, 2.75) is 13.5 Å². The fourth-order valence-electron chi connectivity index (χ4n) is 1.81. The summed E-state index contributed by atoms with van der Waals surface area (Å²) in [5, 5.41) is 2.74. The second-order valence-electron chi connectivity index (χ2n) is 4.31. The van der Waals surface area contributed by atoms with Gasteiger partial charge in [-0.25, -0.2) is 4.39 Å². The van der Waals surface area contributed by atoms with Crippen molar-refractivity contribution < 1.29 is 9.18 Å². The number of aryl methyl sites for hydroxylation is 1. The van der Waals surface area contributed by atoms with E-state index in [0.29, 0.717) is 6.54 Å². The number of carbonyl (C=O) groups excluding carboxylic acids is 1. The summed E-state index contributed by atoms with van der Waals surface area (Å²) >= 11 is 0. The molecule has 0 unspecified atom stereocenters. The van der Waals surface area contributed by atoms with Crippen LogP contribution in [0, 0.1) is 12.7 Å². The lowest BCUT2D eigenvalue weighted by molar-refractivity contribution is 0.0951. The average Bonchev–Trinajstić information content (AvgIpc) is 2.40. The lowest BCUT2D eigenvalue weighted by Gasteiger charge is -2.09.